The third kappa shape index (κ3) is 4.38. The molecule has 0 fully saturated rings. The van der Waals surface area contributed by atoms with Crippen LogP contribution in [0.25, 0.3) is 10.9 Å². The van der Waals surface area contributed by atoms with Crippen LogP contribution in [0.4, 0.5) is 0 Å². The van der Waals surface area contributed by atoms with E-state index in [9.17, 15) is 5.11 Å². The van der Waals surface area contributed by atoms with Crippen molar-refractivity contribution in [2.24, 2.45) is 0 Å². The quantitative estimate of drug-likeness (QED) is 0.390. The maximum absolute atomic E-state index is 11.0. The van der Waals surface area contributed by atoms with Gasteiger partial charge in [-0.2, -0.15) is 0 Å². The predicted octanol–water partition coefficient (Wildman–Crippen LogP) is 6.17. The number of aromatic nitrogens is 1. The molecule has 3 aromatic carbocycles. The first-order valence-corrected chi connectivity index (χ1v) is 10.2. The molecule has 0 aliphatic heterocycles. The fraction of sp³-hybridized carbons (Fsp3) is 0.125. The van der Waals surface area contributed by atoms with Gasteiger partial charge >= 0.3 is 0 Å². The van der Waals surface area contributed by atoms with Gasteiger partial charge in [-0.1, -0.05) is 77.8 Å². The molecule has 0 aliphatic carbocycles. The summed E-state index contributed by atoms with van der Waals surface area (Å²) in [6.07, 6.45) is 2.54. The number of halogens is 2. The number of fused-ring (bicyclic) bond motifs is 1. The zero-order valence-corrected chi connectivity index (χ0v) is 17.2. The normalized spacial score (nSPS) is 12.2. The maximum atomic E-state index is 11.0. The monoisotopic (exact) mass is 422 g/mol. The van der Waals surface area contributed by atoms with Gasteiger partial charge in [0.05, 0.1) is 6.04 Å². The minimum absolute atomic E-state index is 0.159. The number of aromatic hydroxyl groups is 1. The molecule has 0 bridgehead atoms. The van der Waals surface area contributed by atoms with Gasteiger partial charge in [-0.25, -0.2) is 0 Å². The Morgan fingerprint density at radius 2 is 1.69 bits per heavy atom. The number of hydrogen-bond acceptors (Lipinski definition) is 3. The lowest BCUT2D eigenvalue weighted by Crippen LogP contribution is -2.25. The Kier molecular flexibility index (Phi) is 6.00. The summed E-state index contributed by atoms with van der Waals surface area (Å²) in [4.78, 5) is 4.35. The van der Waals surface area contributed by atoms with E-state index in [0.29, 0.717) is 22.1 Å². The molecule has 4 rings (SSSR count). The number of nitrogens with one attached hydrogen (secondary N) is 1. The van der Waals surface area contributed by atoms with Crippen LogP contribution in [-0.2, 0) is 6.42 Å². The summed E-state index contributed by atoms with van der Waals surface area (Å²) in [6, 6.07) is 23.1. The Balaban J connectivity index is 1.71. The van der Waals surface area contributed by atoms with E-state index in [1.54, 1.807) is 12.3 Å². The standard InChI is InChI=1S/C24H20Cl2N2O/c25-18-9-11-19(21(26)15-18)23(28-14-12-16-5-2-1-3-6-16)20-10-8-17-7-4-13-27-22(17)24(20)29/h1-11,13,15,23,28-29H,12,14H2. The number of nitrogens with zero attached hydrogens (tertiary/aromatic N) is 1. The van der Waals surface area contributed by atoms with Crippen molar-refractivity contribution in [2.75, 3.05) is 6.54 Å². The van der Waals surface area contributed by atoms with Crippen LogP contribution in [0, 0.1) is 0 Å². The molecule has 2 N–H and O–H groups in total. The minimum atomic E-state index is -0.296. The van der Waals surface area contributed by atoms with Crippen molar-refractivity contribution in [2.45, 2.75) is 12.5 Å². The van der Waals surface area contributed by atoms with Gasteiger partial charge in [0.1, 0.15) is 11.3 Å². The van der Waals surface area contributed by atoms with Crippen LogP contribution in [0.1, 0.15) is 22.7 Å². The van der Waals surface area contributed by atoms with E-state index in [0.717, 1.165) is 22.9 Å². The molecule has 0 aliphatic rings. The zero-order chi connectivity index (χ0) is 20.2. The number of phenolic OH excluding ortho intramolecular Hbond substituents is 1. The highest BCUT2D eigenvalue weighted by Gasteiger charge is 2.21. The van der Waals surface area contributed by atoms with E-state index in [4.69, 9.17) is 23.2 Å². The van der Waals surface area contributed by atoms with Crippen molar-refractivity contribution in [1.29, 1.82) is 0 Å². The number of benzene rings is 3. The molecule has 1 aromatic heterocycles. The van der Waals surface area contributed by atoms with Gasteiger partial charge in [0.25, 0.3) is 0 Å². The molecule has 146 valence electrons. The highest BCUT2D eigenvalue weighted by molar-refractivity contribution is 6.35. The Labute approximate surface area is 179 Å². The second-order valence-corrected chi connectivity index (χ2v) is 7.71. The number of pyridine rings is 1. The van der Waals surface area contributed by atoms with Crippen LogP contribution < -0.4 is 5.32 Å². The van der Waals surface area contributed by atoms with Gasteiger partial charge in [0.15, 0.2) is 0 Å². The fourth-order valence-electron chi connectivity index (χ4n) is 3.51. The molecule has 1 unspecified atom stereocenters. The smallest absolute Gasteiger partial charge is 0.146 e. The molecule has 5 heteroatoms. The number of phenols is 1. The van der Waals surface area contributed by atoms with E-state index in [2.05, 4.69) is 22.4 Å². The van der Waals surface area contributed by atoms with E-state index < -0.39 is 0 Å². The summed E-state index contributed by atoms with van der Waals surface area (Å²) < 4.78 is 0. The molecule has 1 atom stereocenters. The lowest BCUT2D eigenvalue weighted by molar-refractivity contribution is 0.462. The van der Waals surface area contributed by atoms with Crippen molar-refractivity contribution in [1.82, 2.24) is 10.3 Å². The summed E-state index contributed by atoms with van der Waals surface area (Å²) in [5, 5.41) is 16.5. The average Bonchev–Trinajstić information content (AvgIpc) is 2.74. The molecule has 3 nitrogen and oxygen atoms in total. The van der Waals surface area contributed by atoms with Crippen LogP contribution in [0.2, 0.25) is 10.0 Å². The average molecular weight is 423 g/mol. The Bertz CT molecular complexity index is 1130. The van der Waals surface area contributed by atoms with Crippen molar-refractivity contribution in [3.63, 3.8) is 0 Å². The van der Waals surface area contributed by atoms with Crippen molar-refractivity contribution in [3.8, 4) is 5.75 Å². The van der Waals surface area contributed by atoms with Crippen LogP contribution in [0.3, 0.4) is 0 Å². The van der Waals surface area contributed by atoms with Crippen LogP contribution in [0.15, 0.2) is 79.0 Å². The van der Waals surface area contributed by atoms with Crippen LogP contribution >= 0.6 is 23.2 Å². The van der Waals surface area contributed by atoms with Gasteiger partial charge in [0, 0.05) is 33.7 Å². The SMILES string of the molecule is Oc1c(C(NCCc2ccccc2)c2ccc(Cl)cc2Cl)ccc2cccnc12. The third-order valence-corrected chi connectivity index (χ3v) is 5.53. The van der Waals surface area contributed by atoms with Gasteiger partial charge < -0.3 is 10.4 Å². The second-order valence-electron chi connectivity index (χ2n) is 6.87. The molecule has 29 heavy (non-hydrogen) atoms. The molecule has 0 spiro atoms. The van der Waals surface area contributed by atoms with Crippen molar-refractivity contribution < 1.29 is 5.11 Å². The minimum Gasteiger partial charge on any atom is -0.505 e. The molecule has 0 radical (unpaired) electrons. The van der Waals surface area contributed by atoms with E-state index in [1.165, 1.54) is 5.56 Å². The van der Waals surface area contributed by atoms with Gasteiger partial charge in [-0.05, 0) is 35.7 Å². The fourth-order valence-corrected chi connectivity index (χ4v) is 4.02. The molecule has 0 saturated carbocycles. The summed E-state index contributed by atoms with van der Waals surface area (Å²) in [7, 11) is 0. The summed E-state index contributed by atoms with van der Waals surface area (Å²) >= 11 is 12.6. The largest absolute Gasteiger partial charge is 0.505 e. The number of hydrogen-bond donors (Lipinski definition) is 2. The Hall–Kier alpha value is -2.59. The Morgan fingerprint density at radius 3 is 2.48 bits per heavy atom. The third-order valence-electron chi connectivity index (χ3n) is 4.97. The molecular formula is C24H20Cl2N2O. The first-order chi connectivity index (χ1) is 14.1. The summed E-state index contributed by atoms with van der Waals surface area (Å²) in [5.74, 6) is 0.159. The maximum Gasteiger partial charge on any atom is 0.146 e. The van der Waals surface area contributed by atoms with Crippen molar-refractivity contribution in [3.05, 3.63) is 106 Å². The predicted molar refractivity (Wildman–Crippen MR) is 120 cm³/mol. The van der Waals surface area contributed by atoms with E-state index in [-0.39, 0.29) is 11.8 Å². The second kappa shape index (κ2) is 8.83. The summed E-state index contributed by atoms with van der Waals surface area (Å²) in [5.41, 5.74) is 3.40. The van der Waals surface area contributed by atoms with Crippen molar-refractivity contribution >= 4 is 34.1 Å². The highest BCUT2D eigenvalue weighted by Crippen LogP contribution is 2.37. The molecule has 0 amide bonds. The molecular weight excluding hydrogens is 403 g/mol. The first kappa shape index (κ1) is 19.7. The van der Waals surface area contributed by atoms with E-state index >= 15 is 0 Å². The van der Waals surface area contributed by atoms with Gasteiger partial charge in [0.2, 0.25) is 0 Å². The molecule has 4 aromatic rings. The van der Waals surface area contributed by atoms with Crippen LogP contribution in [-0.4, -0.2) is 16.6 Å². The lowest BCUT2D eigenvalue weighted by atomic mass is 9.96. The topological polar surface area (TPSA) is 45.1 Å². The Morgan fingerprint density at radius 1 is 0.897 bits per heavy atom. The zero-order valence-electron chi connectivity index (χ0n) is 15.6. The van der Waals surface area contributed by atoms with E-state index in [1.807, 2.05) is 54.6 Å². The van der Waals surface area contributed by atoms with Gasteiger partial charge in [-0.3, -0.25) is 4.98 Å². The highest BCUT2D eigenvalue weighted by atomic mass is 35.5. The van der Waals surface area contributed by atoms with Gasteiger partial charge in [-0.15, -0.1) is 0 Å². The summed E-state index contributed by atoms with van der Waals surface area (Å²) in [6.45, 7) is 0.716. The van der Waals surface area contributed by atoms with Crippen LogP contribution in [0.5, 0.6) is 5.75 Å². The lowest BCUT2D eigenvalue weighted by Gasteiger charge is -2.22. The molecule has 0 saturated heterocycles. The first-order valence-electron chi connectivity index (χ1n) is 9.42. The number of rotatable bonds is 6. The molecule has 1 heterocycles.